The fourth-order valence-corrected chi connectivity index (χ4v) is 0.816. The molecule has 0 radical (unpaired) electrons. The maximum absolute atomic E-state index is 2.26. The van der Waals surface area contributed by atoms with Crippen molar-refractivity contribution in [1.82, 2.24) is 0 Å². The molecule has 0 aromatic carbocycles. The van der Waals surface area contributed by atoms with Crippen LogP contribution >= 0.6 is 0 Å². The van der Waals surface area contributed by atoms with Gasteiger partial charge in [0.1, 0.15) is 0 Å². The summed E-state index contributed by atoms with van der Waals surface area (Å²) in [7, 11) is 0. The van der Waals surface area contributed by atoms with E-state index in [2.05, 4.69) is 24.9 Å². The van der Waals surface area contributed by atoms with Gasteiger partial charge in [-0.15, -0.1) is 0 Å². The van der Waals surface area contributed by atoms with Gasteiger partial charge in [0.2, 0.25) is 0 Å². The molecule has 6 heavy (non-hydrogen) atoms. The summed E-state index contributed by atoms with van der Waals surface area (Å²) in [6.07, 6.45) is 2.12. The Bertz CT molecular complexity index is 39.2. The van der Waals surface area contributed by atoms with Crippen molar-refractivity contribution in [2.24, 2.45) is 0 Å². The standard InChI is InChI=1S/C3H5.C2H5.Al/c1-3-2;1-2;/h1,3H,2H3;1H2,2H3;/q;;+1. The quantitative estimate of drug-likeness (QED) is 0.460. The van der Waals surface area contributed by atoms with Gasteiger partial charge in [0.05, 0.1) is 0 Å². The zero-order chi connectivity index (χ0) is 4.83. The second kappa shape index (κ2) is 5.27. The second-order valence-electron chi connectivity index (χ2n) is 1.17. The van der Waals surface area contributed by atoms with E-state index in [1.165, 1.54) is 5.28 Å². The normalized spacial score (nSPS) is 9.00. The fourth-order valence-electron chi connectivity index (χ4n) is 0.272. The molecule has 0 aromatic heterocycles. The van der Waals surface area contributed by atoms with E-state index in [4.69, 9.17) is 0 Å². The number of allylic oxidation sites excluding steroid dienone is 1. The van der Waals surface area contributed by atoms with E-state index in [0.717, 1.165) is 0 Å². The van der Waals surface area contributed by atoms with Crippen molar-refractivity contribution in [3.63, 3.8) is 0 Å². The predicted molar refractivity (Wildman–Crippen MR) is 31.0 cm³/mol. The van der Waals surface area contributed by atoms with Crippen molar-refractivity contribution in [1.29, 1.82) is 0 Å². The van der Waals surface area contributed by atoms with Crippen LogP contribution in [-0.4, -0.2) is 15.2 Å². The molecule has 0 bridgehead atoms. The predicted octanol–water partition coefficient (Wildman–Crippen LogP) is 1.66. The average molecular weight is 97.1 g/mol. The van der Waals surface area contributed by atoms with Crippen LogP contribution in [0.1, 0.15) is 13.8 Å². The fraction of sp³-hybridized carbons (Fsp3) is 0.600. The van der Waals surface area contributed by atoms with Crippen LogP contribution in [-0.2, 0) is 0 Å². The number of hydrogen-bond donors (Lipinski definition) is 0. The third-order valence-corrected chi connectivity index (χ3v) is 1.69. The van der Waals surface area contributed by atoms with Crippen molar-refractivity contribution < 1.29 is 0 Å². The summed E-state index contributed by atoms with van der Waals surface area (Å²) in [4.78, 5) is 2.26. The van der Waals surface area contributed by atoms with Gasteiger partial charge in [0.25, 0.3) is 0 Å². The maximum atomic E-state index is 2.26. The van der Waals surface area contributed by atoms with Crippen molar-refractivity contribution in [3.8, 4) is 0 Å². The second-order valence-corrected chi connectivity index (χ2v) is 2.84. The Morgan fingerprint density at radius 3 is 2.50 bits per heavy atom. The van der Waals surface area contributed by atoms with E-state index in [1.54, 1.807) is 0 Å². The van der Waals surface area contributed by atoms with E-state index in [9.17, 15) is 0 Å². The molecule has 0 atom stereocenters. The summed E-state index contributed by atoms with van der Waals surface area (Å²) in [5.41, 5.74) is 0. The molecule has 0 heterocycles. The molecule has 0 aliphatic heterocycles. The van der Waals surface area contributed by atoms with Crippen LogP contribution in [0.25, 0.3) is 0 Å². The first kappa shape index (κ1) is 6.27. The first-order valence-electron chi connectivity index (χ1n) is 2.36. The monoisotopic (exact) mass is 97.1 g/mol. The molecule has 0 saturated heterocycles. The van der Waals surface area contributed by atoms with E-state index in [0.29, 0.717) is 15.2 Å². The molecule has 0 saturated carbocycles. The molecule has 0 unspecified atom stereocenters. The van der Waals surface area contributed by atoms with Crippen LogP contribution in [0.5, 0.6) is 0 Å². The Morgan fingerprint density at radius 1 is 1.67 bits per heavy atom. The summed E-state index contributed by atoms with van der Waals surface area (Å²) >= 11 is 0.638. The van der Waals surface area contributed by atoms with Gasteiger partial charge in [-0.05, 0) is 0 Å². The van der Waals surface area contributed by atoms with Crippen molar-refractivity contribution in [2.45, 2.75) is 19.1 Å². The molecule has 0 fully saturated rings. The first-order chi connectivity index (χ1) is 2.91. The Hall–Kier alpha value is 0.272. The van der Waals surface area contributed by atoms with Gasteiger partial charge < -0.3 is 0 Å². The Kier molecular flexibility index (Phi) is 5.51. The molecule has 0 aliphatic carbocycles. The summed E-state index contributed by atoms with van der Waals surface area (Å²) in [5, 5.41) is 1.35. The SMILES string of the molecule is CC=[CH][Al+][CH2]C. The van der Waals surface area contributed by atoms with Gasteiger partial charge in [-0.3, -0.25) is 0 Å². The van der Waals surface area contributed by atoms with Gasteiger partial charge in [-0.25, -0.2) is 0 Å². The van der Waals surface area contributed by atoms with Crippen LogP contribution in [0, 0.1) is 0 Å². The third-order valence-electron chi connectivity index (χ3n) is 0.564. The zero-order valence-corrected chi connectivity index (χ0v) is 5.59. The van der Waals surface area contributed by atoms with Crippen LogP contribution in [0.4, 0.5) is 0 Å². The summed E-state index contributed by atoms with van der Waals surface area (Å²) < 4.78 is 0. The van der Waals surface area contributed by atoms with E-state index < -0.39 is 0 Å². The minimum atomic E-state index is 0.638. The van der Waals surface area contributed by atoms with E-state index in [1.807, 2.05) is 0 Å². The molecule has 0 spiro atoms. The van der Waals surface area contributed by atoms with E-state index in [-0.39, 0.29) is 0 Å². The number of rotatable bonds is 2. The Balaban J connectivity index is 2.66. The molecular weight excluding hydrogens is 87.0 g/mol. The van der Waals surface area contributed by atoms with E-state index >= 15 is 0 Å². The van der Waals surface area contributed by atoms with Gasteiger partial charge in [-0.2, -0.15) is 0 Å². The Morgan fingerprint density at radius 2 is 2.33 bits per heavy atom. The third kappa shape index (κ3) is 4.27. The summed E-state index contributed by atoms with van der Waals surface area (Å²) in [6.45, 7) is 4.29. The molecule has 0 N–H and O–H groups in total. The average Bonchev–Trinajstić information content (AvgIpc) is 1.61. The van der Waals surface area contributed by atoms with Gasteiger partial charge >= 0.3 is 45.4 Å². The number of hydrogen-bond acceptors (Lipinski definition) is 0. The molecule has 0 aromatic rings. The first-order valence-corrected chi connectivity index (χ1v) is 3.84. The van der Waals surface area contributed by atoms with Gasteiger partial charge in [-0.1, -0.05) is 0 Å². The van der Waals surface area contributed by atoms with Crippen LogP contribution < -0.4 is 0 Å². The van der Waals surface area contributed by atoms with Crippen molar-refractivity contribution in [2.75, 3.05) is 0 Å². The topological polar surface area (TPSA) is 0 Å². The van der Waals surface area contributed by atoms with Crippen LogP contribution in [0.3, 0.4) is 0 Å². The van der Waals surface area contributed by atoms with Gasteiger partial charge in [0, 0.05) is 0 Å². The molecule has 0 rings (SSSR count). The molecule has 32 valence electrons. The summed E-state index contributed by atoms with van der Waals surface area (Å²) in [5.74, 6) is 0. The zero-order valence-electron chi connectivity index (χ0n) is 4.44. The van der Waals surface area contributed by atoms with Gasteiger partial charge in [0.15, 0.2) is 0 Å². The van der Waals surface area contributed by atoms with Crippen LogP contribution in [0.15, 0.2) is 11.0 Å². The van der Waals surface area contributed by atoms with Crippen LogP contribution in [0.2, 0.25) is 5.28 Å². The molecule has 0 amide bonds. The Labute approximate surface area is 46.0 Å². The molecule has 0 nitrogen and oxygen atoms in total. The minimum absolute atomic E-state index is 0.638. The summed E-state index contributed by atoms with van der Waals surface area (Å²) in [6, 6.07) is 0. The molecular formula is C5H10Al+. The molecule has 1 heteroatoms. The van der Waals surface area contributed by atoms with Crippen molar-refractivity contribution in [3.05, 3.63) is 11.0 Å². The molecule has 0 aliphatic rings. The van der Waals surface area contributed by atoms with Crippen molar-refractivity contribution >= 4 is 15.2 Å².